The number of rotatable bonds is 3. The van der Waals surface area contributed by atoms with Gasteiger partial charge < -0.3 is 9.88 Å². The second-order valence-corrected chi connectivity index (χ2v) is 4.65. The number of benzene rings is 1. The smallest absolute Gasteiger partial charge is 0.345 e. The number of nitrogens with one attached hydrogen (secondary N) is 2. The normalized spacial score (nSPS) is 11.4. The molecular weight excluding hydrogens is 305 g/mol. The van der Waals surface area contributed by atoms with Gasteiger partial charge in [-0.1, -0.05) is 0 Å². The van der Waals surface area contributed by atoms with Crippen LogP contribution in [0.5, 0.6) is 0 Å². The number of aromatic amines is 1. The molecule has 0 aliphatic carbocycles. The number of hydrogen-bond acceptors (Lipinski definition) is 3. The number of hydrogen-bond donors (Lipinski definition) is 2. The summed E-state index contributed by atoms with van der Waals surface area (Å²) >= 11 is 4.92. The van der Waals surface area contributed by atoms with Crippen LogP contribution in [0, 0.1) is 4.77 Å². The van der Waals surface area contributed by atoms with Crippen molar-refractivity contribution in [1.29, 1.82) is 0 Å². The molecule has 1 amide bonds. The summed E-state index contributed by atoms with van der Waals surface area (Å²) in [5, 5.41) is 9.03. The molecule has 1 aromatic carbocycles. The van der Waals surface area contributed by atoms with Crippen LogP contribution >= 0.6 is 12.2 Å². The Kier molecular flexibility index (Phi) is 4.12. The number of halogens is 3. The molecular formula is C12H11F3N4OS. The highest BCUT2D eigenvalue weighted by atomic mass is 32.1. The van der Waals surface area contributed by atoms with E-state index in [0.29, 0.717) is 10.6 Å². The Morgan fingerprint density at radius 2 is 2.00 bits per heavy atom. The van der Waals surface area contributed by atoms with Crippen LogP contribution in [0.1, 0.15) is 21.7 Å². The third kappa shape index (κ3) is 3.48. The lowest BCUT2D eigenvalue weighted by Crippen LogP contribution is -2.24. The Bertz CT molecular complexity index is 703. The van der Waals surface area contributed by atoms with Crippen molar-refractivity contribution in [2.24, 2.45) is 7.05 Å². The molecule has 0 atom stereocenters. The minimum Gasteiger partial charge on any atom is -0.345 e. The first kappa shape index (κ1) is 15.2. The van der Waals surface area contributed by atoms with Gasteiger partial charge in [-0.05, 0) is 36.5 Å². The summed E-state index contributed by atoms with van der Waals surface area (Å²) in [6, 6.07) is 3.98. The molecule has 0 aliphatic rings. The SMILES string of the molecule is Cn1c(CNC(=O)c2ccc(C(F)(F)F)cc2)n[nH]c1=S. The van der Waals surface area contributed by atoms with Crippen molar-refractivity contribution in [2.45, 2.75) is 12.7 Å². The van der Waals surface area contributed by atoms with Crippen LogP contribution in [0.4, 0.5) is 13.2 Å². The van der Waals surface area contributed by atoms with Crippen molar-refractivity contribution < 1.29 is 18.0 Å². The molecule has 0 saturated carbocycles. The van der Waals surface area contributed by atoms with Crippen molar-refractivity contribution in [3.8, 4) is 0 Å². The summed E-state index contributed by atoms with van der Waals surface area (Å²) in [4.78, 5) is 11.8. The molecule has 0 fully saturated rings. The van der Waals surface area contributed by atoms with E-state index in [1.807, 2.05) is 0 Å². The maximum absolute atomic E-state index is 12.4. The Morgan fingerprint density at radius 3 is 2.48 bits per heavy atom. The number of carbonyl (C=O) groups is 1. The van der Waals surface area contributed by atoms with Crippen LogP contribution in [0.2, 0.25) is 0 Å². The van der Waals surface area contributed by atoms with Crippen molar-refractivity contribution in [3.05, 3.63) is 46.0 Å². The second kappa shape index (κ2) is 5.68. The highest BCUT2D eigenvalue weighted by Crippen LogP contribution is 2.29. The fraction of sp³-hybridized carbons (Fsp3) is 0.250. The number of nitrogens with zero attached hydrogens (tertiary/aromatic N) is 2. The summed E-state index contributed by atoms with van der Waals surface area (Å²) < 4.78 is 39.2. The van der Waals surface area contributed by atoms with Gasteiger partial charge in [0.05, 0.1) is 12.1 Å². The standard InChI is InChI=1S/C12H11F3N4OS/c1-19-9(17-18-11(19)21)6-16-10(20)7-2-4-8(5-3-7)12(13,14)15/h2-5H,6H2,1H3,(H,16,20)(H,18,21). The fourth-order valence-electron chi connectivity index (χ4n) is 1.61. The Labute approximate surface area is 122 Å². The zero-order valence-electron chi connectivity index (χ0n) is 10.9. The van der Waals surface area contributed by atoms with Crippen LogP contribution in [0.3, 0.4) is 0 Å². The molecule has 0 saturated heterocycles. The molecule has 2 rings (SSSR count). The summed E-state index contributed by atoms with van der Waals surface area (Å²) in [7, 11) is 1.69. The fourth-order valence-corrected chi connectivity index (χ4v) is 1.76. The number of carbonyl (C=O) groups excluding carboxylic acids is 1. The quantitative estimate of drug-likeness (QED) is 0.855. The van der Waals surface area contributed by atoms with Gasteiger partial charge in [-0.25, -0.2) is 0 Å². The largest absolute Gasteiger partial charge is 0.416 e. The molecule has 0 bridgehead atoms. The molecule has 0 unspecified atom stereocenters. The first-order valence-electron chi connectivity index (χ1n) is 5.85. The maximum Gasteiger partial charge on any atom is 0.416 e. The van der Waals surface area contributed by atoms with E-state index in [1.165, 1.54) is 0 Å². The number of H-pyrrole nitrogens is 1. The van der Waals surface area contributed by atoms with E-state index in [1.54, 1.807) is 11.6 Å². The summed E-state index contributed by atoms with van der Waals surface area (Å²) in [5.41, 5.74) is -0.659. The molecule has 112 valence electrons. The zero-order valence-corrected chi connectivity index (χ0v) is 11.7. The predicted molar refractivity (Wildman–Crippen MR) is 71.0 cm³/mol. The van der Waals surface area contributed by atoms with Gasteiger partial charge in [0.25, 0.3) is 5.91 Å². The lowest BCUT2D eigenvalue weighted by molar-refractivity contribution is -0.137. The molecule has 21 heavy (non-hydrogen) atoms. The van der Waals surface area contributed by atoms with Gasteiger partial charge >= 0.3 is 6.18 Å². The summed E-state index contributed by atoms with van der Waals surface area (Å²) in [6.07, 6.45) is -4.42. The molecule has 0 spiro atoms. The highest BCUT2D eigenvalue weighted by molar-refractivity contribution is 7.71. The van der Waals surface area contributed by atoms with E-state index >= 15 is 0 Å². The third-order valence-electron chi connectivity index (χ3n) is 2.85. The van der Waals surface area contributed by atoms with Gasteiger partial charge in [0.1, 0.15) is 0 Å². The second-order valence-electron chi connectivity index (χ2n) is 4.26. The Hall–Kier alpha value is -2.16. The van der Waals surface area contributed by atoms with Gasteiger partial charge in [0.2, 0.25) is 0 Å². The van der Waals surface area contributed by atoms with Crippen LogP contribution in [0.15, 0.2) is 24.3 Å². The zero-order chi connectivity index (χ0) is 15.6. The van der Waals surface area contributed by atoms with E-state index in [4.69, 9.17) is 12.2 Å². The summed E-state index contributed by atoms with van der Waals surface area (Å²) in [5.74, 6) is 0.0258. The average Bonchev–Trinajstić information content (AvgIpc) is 2.75. The van der Waals surface area contributed by atoms with Gasteiger partial charge in [-0.3, -0.25) is 9.89 Å². The van der Waals surface area contributed by atoms with Crippen molar-refractivity contribution in [2.75, 3.05) is 0 Å². The third-order valence-corrected chi connectivity index (χ3v) is 3.22. The monoisotopic (exact) mass is 316 g/mol. The molecule has 0 aliphatic heterocycles. The maximum atomic E-state index is 12.4. The van der Waals surface area contributed by atoms with E-state index < -0.39 is 17.6 Å². The van der Waals surface area contributed by atoms with Gasteiger partial charge in [-0.15, -0.1) is 0 Å². The van der Waals surface area contributed by atoms with E-state index in [9.17, 15) is 18.0 Å². The van der Waals surface area contributed by atoms with Crippen molar-refractivity contribution in [1.82, 2.24) is 20.1 Å². The topological polar surface area (TPSA) is 62.7 Å². The van der Waals surface area contributed by atoms with Crippen LogP contribution in [-0.2, 0) is 19.8 Å². The Balaban J connectivity index is 2.04. The molecule has 1 aromatic heterocycles. The lowest BCUT2D eigenvalue weighted by atomic mass is 10.1. The van der Waals surface area contributed by atoms with Gasteiger partial charge in [-0.2, -0.15) is 18.3 Å². The number of alkyl halides is 3. The highest BCUT2D eigenvalue weighted by Gasteiger charge is 2.30. The number of amides is 1. The first-order valence-corrected chi connectivity index (χ1v) is 6.25. The average molecular weight is 316 g/mol. The van der Waals surface area contributed by atoms with Crippen molar-refractivity contribution >= 4 is 18.1 Å². The molecule has 9 heteroatoms. The van der Waals surface area contributed by atoms with Crippen LogP contribution in [0.25, 0.3) is 0 Å². The van der Waals surface area contributed by atoms with Gasteiger partial charge in [0.15, 0.2) is 10.6 Å². The number of aromatic nitrogens is 3. The van der Waals surface area contributed by atoms with Crippen LogP contribution < -0.4 is 5.32 Å². The molecule has 2 N–H and O–H groups in total. The Morgan fingerprint density at radius 1 is 1.38 bits per heavy atom. The van der Waals surface area contributed by atoms with E-state index in [2.05, 4.69) is 15.5 Å². The van der Waals surface area contributed by atoms with Crippen LogP contribution in [-0.4, -0.2) is 20.7 Å². The molecule has 1 heterocycles. The first-order chi connectivity index (χ1) is 9.79. The molecule has 0 radical (unpaired) electrons. The minimum absolute atomic E-state index is 0.115. The van der Waals surface area contributed by atoms with E-state index in [0.717, 1.165) is 24.3 Å². The summed E-state index contributed by atoms with van der Waals surface area (Å²) in [6.45, 7) is 0.115. The molecule has 2 aromatic rings. The minimum atomic E-state index is -4.42. The van der Waals surface area contributed by atoms with E-state index in [-0.39, 0.29) is 12.1 Å². The molecule has 5 nitrogen and oxygen atoms in total. The van der Waals surface area contributed by atoms with Crippen molar-refractivity contribution in [3.63, 3.8) is 0 Å². The lowest BCUT2D eigenvalue weighted by Gasteiger charge is -2.08. The predicted octanol–water partition coefficient (Wildman–Crippen LogP) is 2.43. The van der Waals surface area contributed by atoms with Gasteiger partial charge in [0, 0.05) is 12.6 Å².